The van der Waals surface area contributed by atoms with E-state index in [1.54, 1.807) is 7.11 Å². The Morgan fingerprint density at radius 3 is 2.48 bits per heavy atom. The second-order valence-corrected chi connectivity index (χ2v) is 5.62. The van der Waals surface area contributed by atoms with Crippen LogP contribution in [0.1, 0.15) is 20.8 Å². The molecule has 0 radical (unpaired) electrons. The molecule has 1 rings (SSSR count). The molecule has 1 aromatic rings. The third-order valence-electron chi connectivity index (χ3n) is 3.57. The minimum absolute atomic E-state index is 0. The number of rotatable bonds is 10. The molecule has 0 spiro atoms. The Bertz CT molecular complexity index is 500. The number of ether oxygens (including phenoxy) is 2. The highest BCUT2D eigenvalue weighted by atomic mass is 127. The second-order valence-electron chi connectivity index (χ2n) is 5.62. The molecular formula is C18H33IN4O2. The van der Waals surface area contributed by atoms with Crippen molar-refractivity contribution in [2.24, 2.45) is 4.99 Å². The van der Waals surface area contributed by atoms with Crippen LogP contribution in [0.2, 0.25) is 0 Å². The van der Waals surface area contributed by atoms with Gasteiger partial charge >= 0.3 is 0 Å². The number of nitrogens with one attached hydrogen (secondary N) is 2. The number of guanidine groups is 1. The standard InChI is InChI=1S/C18H32N4O2.HI/c1-6-19-18(20-12-13-22(4)7-2)21-14-15(3)24-17-11-9-8-10-16(17)23-5;/h8-11,15H,6-7,12-14H2,1-5H3,(H2,19,20,21);1H. The summed E-state index contributed by atoms with van der Waals surface area (Å²) in [6.45, 7) is 10.5. The summed E-state index contributed by atoms with van der Waals surface area (Å²) in [6, 6.07) is 7.66. The van der Waals surface area contributed by atoms with Crippen LogP contribution in [0, 0.1) is 0 Å². The van der Waals surface area contributed by atoms with E-state index in [0.717, 1.165) is 43.6 Å². The van der Waals surface area contributed by atoms with Gasteiger partial charge in [-0.1, -0.05) is 19.1 Å². The molecule has 0 amide bonds. The van der Waals surface area contributed by atoms with Gasteiger partial charge < -0.3 is 25.0 Å². The highest BCUT2D eigenvalue weighted by Crippen LogP contribution is 2.26. The average molecular weight is 464 g/mol. The maximum atomic E-state index is 5.93. The molecule has 0 aliphatic carbocycles. The van der Waals surface area contributed by atoms with E-state index in [-0.39, 0.29) is 30.1 Å². The molecule has 144 valence electrons. The summed E-state index contributed by atoms with van der Waals surface area (Å²) in [5.41, 5.74) is 0. The largest absolute Gasteiger partial charge is 0.493 e. The molecule has 6 nitrogen and oxygen atoms in total. The van der Waals surface area contributed by atoms with Crippen molar-refractivity contribution >= 4 is 29.9 Å². The molecule has 0 aromatic heterocycles. The van der Waals surface area contributed by atoms with Gasteiger partial charge in [-0.2, -0.15) is 0 Å². The fourth-order valence-electron chi connectivity index (χ4n) is 2.06. The maximum Gasteiger partial charge on any atom is 0.191 e. The first-order valence-electron chi connectivity index (χ1n) is 8.61. The zero-order valence-corrected chi connectivity index (χ0v) is 18.4. The van der Waals surface area contributed by atoms with Crippen LogP contribution in [0.4, 0.5) is 0 Å². The third-order valence-corrected chi connectivity index (χ3v) is 3.57. The van der Waals surface area contributed by atoms with Crippen molar-refractivity contribution in [3.8, 4) is 11.5 Å². The van der Waals surface area contributed by atoms with Gasteiger partial charge in [-0.25, -0.2) is 4.99 Å². The lowest BCUT2D eigenvalue weighted by molar-refractivity contribution is 0.219. The van der Waals surface area contributed by atoms with Crippen LogP contribution in [-0.4, -0.2) is 63.8 Å². The first-order chi connectivity index (χ1) is 11.6. The molecule has 2 N–H and O–H groups in total. The van der Waals surface area contributed by atoms with Gasteiger partial charge in [0.1, 0.15) is 6.10 Å². The topological polar surface area (TPSA) is 58.1 Å². The van der Waals surface area contributed by atoms with Gasteiger partial charge in [-0.3, -0.25) is 0 Å². The summed E-state index contributed by atoms with van der Waals surface area (Å²) in [6.07, 6.45) is -0.0462. The molecule has 0 heterocycles. The average Bonchev–Trinajstić information content (AvgIpc) is 2.59. The minimum atomic E-state index is -0.0462. The number of halogens is 1. The Balaban J connectivity index is 0.00000576. The maximum absolute atomic E-state index is 5.93. The molecule has 1 aromatic carbocycles. The van der Waals surface area contributed by atoms with E-state index in [1.807, 2.05) is 31.2 Å². The number of nitrogens with zero attached hydrogens (tertiary/aromatic N) is 2. The Kier molecular flexibility index (Phi) is 13.3. The molecule has 0 fully saturated rings. The van der Waals surface area contributed by atoms with E-state index in [2.05, 4.69) is 41.4 Å². The van der Waals surface area contributed by atoms with E-state index >= 15 is 0 Å². The van der Waals surface area contributed by atoms with Crippen LogP contribution in [0.15, 0.2) is 29.3 Å². The summed E-state index contributed by atoms with van der Waals surface area (Å²) in [7, 11) is 3.75. The number of hydrogen-bond acceptors (Lipinski definition) is 4. The van der Waals surface area contributed by atoms with Crippen LogP contribution in [0.25, 0.3) is 0 Å². The van der Waals surface area contributed by atoms with Crippen LogP contribution < -0.4 is 20.1 Å². The van der Waals surface area contributed by atoms with Crippen molar-refractivity contribution in [3.05, 3.63) is 24.3 Å². The van der Waals surface area contributed by atoms with Crippen molar-refractivity contribution in [2.45, 2.75) is 26.9 Å². The lowest BCUT2D eigenvalue weighted by Crippen LogP contribution is -2.41. The molecule has 0 aliphatic rings. The number of para-hydroxylation sites is 2. The zero-order chi connectivity index (χ0) is 17.8. The fourth-order valence-corrected chi connectivity index (χ4v) is 2.06. The van der Waals surface area contributed by atoms with Crippen molar-refractivity contribution < 1.29 is 9.47 Å². The van der Waals surface area contributed by atoms with Gasteiger partial charge in [0.15, 0.2) is 17.5 Å². The number of aliphatic imine (C=N–C) groups is 1. The van der Waals surface area contributed by atoms with Crippen molar-refractivity contribution in [1.82, 2.24) is 15.5 Å². The molecule has 0 saturated heterocycles. The lowest BCUT2D eigenvalue weighted by atomic mass is 10.3. The first-order valence-corrected chi connectivity index (χ1v) is 8.61. The van der Waals surface area contributed by atoms with Gasteiger partial charge in [-0.05, 0) is 39.6 Å². The normalized spacial score (nSPS) is 12.3. The van der Waals surface area contributed by atoms with E-state index in [0.29, 0.717) is 6.54 Å². The molecule has 0 bridgehead atoms. The van der Waals surface area contributed by atoms with Gasteiger partial charge in [0, 0.05) is 19.6 Å². The SMILES string of the molecule is CCNC(=NCC(C)Oc1ccccc1OC)NCCN(C)CC.I. The van der Waals surface area contributed by atoms with E-state index in [4.69, 9.17) is 9.47 Å². The van der Waals surface area contributed by atoms with E-state index in [9.17, 15) is 0 Å². The Hall–Kier alpha value is -1.22. The molecule has 0 saturated carbocycles. The zero-order valence-electron chi connectivity index (χ0n) is 16.0. The van der Waals surface area contributed by atoms with E-state index in [1.165, 1.54) is 0 Å². The van der Waals surface area contributed by atoms with Gasteiger partial charge in [0.25, 0.3) is 0 Å². The smallest absolute Gasteiger partial charge is 0.191 e. The van der Waals surface area contributed by atoms with Gasteiger partial charge in [0.2, 0.25) is 0 Å². The van der Waals surface area contributed by atoms with Crippen LogP contribution in [-0.2, 0) is 0 Å². The summed E-state index contributed by atoms with van der Waals surface area (Å²) < 4.78 is 11.2. The second kappa shape index (κ2) is 14.0. The van der Waals surface area contributed by atoms with Crippen LogP contribution in [0.5, 0.6) is 11.5 Å². The molecule has 1 atom stereocenters. The summed E-state index contributed by atoms with van der Waals surface area (Å²) in [4.78, 5) is 6.85. The minimum Gasteiger partial charge on any atom is -0.493 e. The highest BCUT2D eigenvalue weighted by molar-refractivity contribution is 14.0. The molecule has 0 aliphatic heterocycles. The number of methoxy groups -OCH3 is 1. The summed E-state index contributed by atoms with van der Waals surface area (Å²) >= 11 is 0. The summed E-state index contributed by atoms with van der Waals surface area (Å²) in [5.74, 6) is 2.30. The third kappa shape index (κ3) is 9.74. The Morgan fingerprint density at radius 2 is 1.88 bits per heavy atom. The molecule has 25 heavy (non-hydrogen) atoms. The van der Waals surface area contributed by atoms with Gasteiger partial charge in [0.05, 0.1) is 13.7 Å². The molecule has 7 heteroatoms. The van der Waals surface area contributed by atoms with Crippen molar-refractivity contribution in [2.75, 3.05) is 46.9 Å². The Morgan fingerprint density at radius 1 is 1.20 bits per heavy atom. The van der Waals surface area contributed by atoms with Crippen LogP contribution in [0.3, 0.4) is 0 Å². The lowest BCUT2D eigenvalue weighted by Gasteiger charge is -2.18. The first kappa shape index (κ1) is 23.8. The molecular weight excluding hydrogens is 431 g/mol. The highest BCUT2D eigenvalue weighted by Gasteiger charge is 2.08. The van der Waals surface area contributed by atoms with Crippen molar-refractivity contribution in [1.29, 1.82) is 0 Å². The predicted octanol–water partition coefficient (Wildman–Crippen LogP) is 2.59. The Labute approximate surface area is 169 Å². The number of hydrogen-bond donors (Lipinski definition) is 2. The van der Waals surface area contributed by atoms with E-state index < -0.39 is 0 Å². The quantitative estimate of drug-likeness (QED) is 0.317. The fraction of sp³-hybridized carbons (Fsp3) is 0.611. The molecule has 1 unspecified atom stereocenters. The monoisotopic (exact) mass is 464 g/mol. The number of benzene rings is 1. The summed E-state index contributed by atoms with van der Waals surface area (Å²) in [5, 5.41) is 6.60. The van der Waals surface area contributed by atoms with Crippen molar-refractivity contribution in [3.63, 3.8) is 0 Å². The van der Waals surface area contributed by atoms with Crippen LogP contribution >= 0.6 is 24.0 Å². The predicted molar refractivity (Wildman–Crippen MR) is 116 cm³/mol. The van der Waals surface area contributed by atoms with Gasteiger partial charge in [-0.15, -0.1) is 24.0 Å². The number of likely N-dealkylation sites (N-methyl/N-ethyl adjacent to an activating group) is 1.